The molecule has 1 saturated heterocycles. The van der Waals surface area contributed by atoms with Crippen molar-refractivity contribution in [3.8, 4) is 0 Å². The summed E-state index contributed by atoms with van der Waals surface area (Å²) in [7, 11) is -3.17. The first kappa shape index (κ1) is 14.7. The maximum Gasteiger partial charge on any atom is 0.219 e. The van der Waals surface area contributed by atoms with Crippen LogP contribution in [0.2, 0.25) is 0 Å². The molecule has 2 atom stereocenters. The zero-order chi connectivity index (χ0) is 13.1. The van der Waals surface area contributed by atoms with Crippen LogP contribution in [0, 0.1) is 0 Å². The van der Waals surface area contributed by atoms with Gasteiger partial charge in [0.1, 0.15) is 5.37 Å². The molecule has 4 N–H and O–H groups in total. The molecule has 1 aliphatic heterocycles. The normalized spacial score (nSPS) is 24.5. The molecular formula is C9H19N3O3S2. The molecule has 0 radical (unpaired) electrons. The van der Waals surface area contributed by atoms with Crippen LogP contribution in [-0.2, 0) is 14.6 Å². The summed E-state index contributed by atoms with van der Waals surface area (Å²) in [6.07, 6.45) is 1.32. The molecule has 0 aromatic rings. The molecule has 17 heavy (non-hydrogen) atoms. The Morgan fingerprint density at radius 3 is 2.71 bits per heavy atom. The van der Waals surface area contributed by atoms with E-state index in [0.717, 1.165) is 5.75 Å². The molecular weight excluding hydrogens is 262 g/mol. The molecule has 2 unspecified atom stereocenters. The molecule has 0 bridgehead atoms. The van der Waals surface area contributed by atoms with Gasteiger partial charge in [-0.15, -0.1) is 0 Å². The maximum atomic E-state index is 11.7. The van der Waals surface area contributed by atoms with E-state index in [0.29, 0.717) is 12.3 Å². The van der Waals surface area contributed by atoms with Crippen LogP contribution < -0.4 is 11.5 Å². The third-order valence-electron chi connectivity index (χ3n) is 2.80. The van der Waals surface area contributed by atoms with Crippen LogP contribution in [0.15, 0.2) is 0 Å². The number of nitrogens with zero attached hydrogens (tertiary/aromatic N) is 1. The van der Waals surface area contributed by atoms with Crippen LogP contribution >= 0.6 is 11.8 Å². The second kappa shape index (κ2) is 6.03. The minimum absolute atomic E-state index is 0.104. The number of hydrogen-bond acceptors (Lipinski definition) is 6. The second-order valence-corrected chi connectivity index (χ2v) is 7.51. The van der Waals surface area contributed by atoms with Gasteiger partial charge in [-0.1, -0.05) is 0 Å². The van der Waals surface area contributed by atoms with E-state index in [1.807, 2.05) is 0 Å². The molecule has 1 amide bonds. The quantitative estimate of drug-likeness (QED) is 0.642. The van der Waals surface area contributed by atoms with Crippen LogP contribution in [0.4, 0.5) is 0 Å². The summed E-state index contributed by atoms with van der Waals surface area (Å²) in [5, 5.41) is -0.561. The van der Waals surface area contributed by atoms with E-state index < -0.39 is 21.1 Å². The van der Waals surface area contributed by atoms with E-state index in [1.54, 1.807) is 16.7 Å². The van der Waals surface area contributed by atoms with Gasteiger partial charge >= 0.3 is 0 Å². The molecule has 0 spiro atoms. The first-order valence-electron chi connectivity index (χ1n) is 5.37. The van der Waals surface area contributed by atoms with Crippen molar-refractivity contribution in [2.45, 2.75) is 17.8 Å². The van der Waals surface area contributed by atoms with Crippen molar-refractivity contribution in [3.05, 3.63) is 0 Å². The van der Waals surface area contributed by atoms with Gasteiger partial charge in [0, 0.05) is 43.3 Å². The van der Waals surface area contributed by atoms with Crippen molar-refractivity contribution < 1.29 is 13.2 Å². The zero-order valence-electron chi connectivity index (χ0n) is 9.83. The van der Waals surface area contributed by atoms with Crippen LogP contribution in [0.5, 0.6) is 0 Å². The number of nitrogens with two attached hydrogens (primary N) is 2. The number of rotatable bonds is 5. The number of carbonyl (C=O) groups is 1. The zero-order valence-corrected chi connectivity index (χ0v) is 11.5. The van der Waals surface area contributed by atoms with E-state index in [9.17, 15) is 13.2 Å². The van der Waals surface area contributed by atoms with Gasteiger partial charge in [0.2, 0.25) is 5.91 Å². The minimum atomic E-state index is -3.17. The summed E-state index contributed by atoms with van der Waals surface area (Å²) in [5.41, 5.74) is 10.8. The largest absolute Gasteiger partial charge is 0.370 e. The van der Waals surface area contributed by atoms with Gasteiger partial charge in [0.25, 0.3) is 0 Å². The fourth-order valence-corrected chi connectivity index (χ4v) is 4.90. The number of carbonyl (C=O) groups excluding carboxylic acids is 1. The van der Waals surface area contributed by atoms with E-state index in [-0.39, 0.29) is 19.0 Å². The van der Waals surface area contributed by atoms with E-state index in [1.165, 1.54) is 6.26 Å². The number of amides is 1. The van der Waals surface area contributed by atoms with Gasteiger partial charge in [-0.25, -0.2) is 8.42 Å². The first-order chi connectivity index (χ1) is 7.86. The lowest BCUT2D eigenvalue weighted by atomic mass is 10.1. The standard InChI is InChI=1S/C9H19N3O3S2/c1-17(14,15)9-6-16-3-2-12(9)7(5-10)4-8(11)13/h7,9H,2-6,10H2,1H3,(H2,11,13). The average molecular weight is 281 g/mol. The van der Waals surface area contributed by atoms with Gasteiger partial charge in [-0.3, -0.25) is 9.69 Å². The lowest BCUT2D eigenvalue weighted by molar-refractivity contribution is -0.119. The highest BCUT2D eigenvalue weighted by molar-refractivity contribution is 8.00. The highest BCUT2D eigenvalue weighted by atomic mass is 32.2. The summed E-state index contributed by atoms with van der Waals surface area (Å²) < 4.78 is 23.4. The molecule has 0 saturated carbocycles. The molecule has 1 aliphatic rings. The Kier molecular flexibility index (Phi) is 5.23. The Hall–Kier alpha value is -0.310. The Labute approximate surface area is 106 Å². The Morgan fingerprint density at radius 2 is 2.24 bits per heavy atom. The highest BCUT2D eigenvalue weighted by Crippen LogP contribution is 2.23. The third kappa shape index (κ3) is 4.13. The van der Waals surface area contributed by atoms with Gasteiger partial charge < -0.3 is 11.5 Å². The topological polar surface area (TPSA) is 106 Å². The molecule has 1 fully saturated rings. The molecule has 1 rings (SSSR count). The fourth-order valence-electron chi connectivity index (χ4n) is 1.95. The number of sulfone groups is 1. The van der Waals surface area contributed by atoms with Crippen molar-refractivity contribution in [1.29, 1.82) is 0 Å². The molecule has 0 aromatic carbocycles. The summed E-state index contributed by atoms with van der Waals surface area (Å²) >= 11 is 1.60. The molecule has 8 heteroatoms. The molecule has 6 nitrogen and oxygen atoms in total. The van der Waals surface area contributed by atoms with Gasteiger partial charge in [-0.2, -0.15) is 11.8 Å². The van der Waals surface area contributed by atoms with Crippen LogP contribution in [-0.4, -0.2) is 61.5 Å². The molecule has 100 valence electrons. The van der Waals surface area contributed by atoms with Crippen molar-refractivity contribution in [3.63, 3.8) is 0 Å². The Balaban J connectivity index is 2.86. The Morgan fingerprint density at radius 1 is 1.59 bits per heavy atom. The summed E-state index contributed by atoms with van der Waals surface area (Å²) in [4.78, 5) is 12.8. The summed E-state index contributed by atoms with van der Waals surface area (Å²) in [6, 6.07) is -0.284. The Bertz CT molecular complexity index is 372. The van der Waals surface area contributed by atoms with Crippen LogP contribution in [0.25, 0.3) is 0 Å². The predicted molar refractivity (Wildman–Crippen MR) is 69.3 cm³/mol. The smallest absolute Gasteiger partial charge is 0.219 e. The summed E-state index contributed by atoms with van der Waals surface area (Å²) in [5.74, 6) is 0.918. The lowest BCUT2D eigenvalue weighted by Gasteiger charge is -2.39. The van der Waals surface area contributed by atoms with Gasteiger partial charge in [-0.05, 0) is 0 Å². The van der Waals surface area contributed by atoms with Gasteiger partial charge in [0.15, 0.2) is 9.84 Å². The van der Waals surface area contributed by atoms with E-state index in [2.05, 4.69) is 0 Å². The SMILES string of the molecule is CS(=O)(=O)C1CSCCN1C(CN)CC(N)=O. The van der Waals surface area contributed by atoms with E-state index >= 15 is 0 Å². The van der Waals surface area contributed by atoms with Crippen LogP contribution in [0.3, 0.4) is 0 Å². The monoisotopic (exact) mass is 281 g/mol. The fraction of sp³-hybridized carbons (Fsp3) is 0.889. The highest BCUT2D eigenvalue weighted by Gasteiger charge is 2.35. The number of primary amides is 1. The average Bonchev–Trinajstić information content (AvgIpc) is 2.24. The van der Waals surface area contributed by atoms with Crippen molar-refractivity contribution >= 4 is 27.5 Å². The van der Waals surface area contributed by atoms with E-state index in [4.69, 9.17) is 11.5 Å². The molecule has 0 aromatic heterocycles. The van der Waals surface area contributed by atoms with Crippen molar-refractivity contribution in [1.82, 2.24) is 4.90 Å². The number of thioether (sulfide) groups is 1. The molecule has 0 aliphatic carbocycles. The lowest BCUT2D eigenvalue weighted by Crippen LogP contribution is -2.55. The second-order valence-electron chi connectivity index (χ2n) is 4.16. The summed E-state index contributed by atoms with van der Waals surface area (Å²) in [6.45, 7) is 0.858. The van der Waals surface area contributed by atoms with Gasteiger partial charge in [0.05, 0.1) is 0 Å². The molecule has 1 heterocycles. The van der Waals surface area contributed by atoms with Crippen molar-refractivity contribution in [2.24, 2.45) is 11.5 Å². The third-order valence-corrected chi connectivity index (χ3v) is 5.46. The minimum Gasteiger partial charge on any atom is -0.370 e. The predicted octanol–water partition coefficient (Wildman–Crippen LogP) is -1.39. The number of hydrogen-bond donors (Lipinski definition) is 2. The first-order valence-corrected chi connectivity index (χ1v) is 8.48. The van der Waals surface area contributed by atoms with Crippen molar-refractivity contribution in [2.75, 3.05) is 30.9 Å². The maximum absolute atomic E-state index is 11.7. The van der Waals surface area contributed by atoms with Crippen LogP contribution in [0.1, 0.15) is 6.42 Å².